The van der Waals surface area contributed by atoms with Gasteiger partial charge < -0.3 is 21.9 Å². The molecular weight excluding hydrogens is 422 g/mol. The summed E-state index contributed by atoms with van der Waals surface area (Å²) in [4.78, 5) is 34.7. The molecule has 0 radical (unpaired) electrons. The minimum absolute atomic E-state index is 0.0498. The first-order valence-corrected chi connectivity index (χ1v) is 10.0. The van der Waals surface area contributed by atoms with Gasteiger partial charge in [0.25, 0.3) is 5.91 Å². The van der Waals surface area contributed by atoms with E-state index in [4.69, 9.17) is 33.5 Å². The summed E-state index contributed by atoms with van der Waals surface area (Å²) in [7, 11) is 0. The number of amides is 1. The maximum atomic E-state index is 12.2. The molecule has 0 atom stereocenters. The zero-order valence-electron chi connectivity index (χ0n) is 17.2. The topological polar surface area (TPSA) is 172 Å². The number of Topliss-reactive ketones (excluding diaryl/α,β-unsaturated/α-hetero) is 1. The van der Waals surface area contributed by atoms with Crippen LogP contribution in [0.2, 0.25) is 5.15 Å². The lowest BCUT2D eigenvalue weighted by molar-refractivity contribution is -0.117. The SMILES string of the molecule is CC(=O)CCOc1ccc(CCCCN=C(N)NC(=O)c2nc(Cl)c(N)nc2N)cc1. The van der Waals surface area contributed by atoms with Crippen LogP contribution in [0.5, 0.6) is 5.75 Å². The van der Waals surface area contributed by atoms with Gasteiger partial charge in [-0.2, -0.15) is 0 Å². The van der Waals surface area contributed by atoms with E-state index in [9.17, 15) is 9.59 Å². The molecule has 10 nitrogen and oxygen atoms in total. The number of ketones is 1. The highest BCUT2D eigenvalue weighted by atomic mass is 35.5. The van der Waals surface area contributed by atoms with Gasteiger partial charge in [0, 0.05) is 13.0 Å². The number of guanidine groups is 1. The number of carbonyl (C=O) groups is 2. The summed E-state index contributed by atoms with van der Waals surface area (Å²) in [5.41, 5.74) is 17.8. The summed E-state index contributed by atoms with van der Waals surface area (Å²) in [5.74, 6) is -0.0855. The standard InChI is InChI=1S/C20H26ClN7O3/c1-12(29)9-11-31-14-7-5-13(6-8-14)4-2-3-10-25-20(24)28-19(30)15-17(22)27-18(23)16(21)26-15/h5-8H,2-4,9-11H2,1H3,(H4,22,23,27)(H3,24,25,28,30). The summed E-state index contributed by atoms with van der Waals surface area (Å²) in [5, 5.41) is 2.27. The molecular formula is C20H26ClN7O3. The van der Waals surface area contributed by atoms with Crippen molar-refractivity contribution in [3.05, 3.63) is 40.7 Å². The number of aryl methyl sites for hydroxylation is 1. The van der Waals surface area contributed by atoms with Crippen LogP contribution in [0.1, 0.15) is 42.2 Å². The number of unbranched alkanes of at least 4 members (excludes halogenated alkanes) is 1. The van der Waals surface area contributed by atoms with Gasteiger partial charge in [0.05, 0.1) is 6.61 Å². The molecule has 1 aromatic carbocycles. The van der Waals surface area contributed by atoms with E-state index in [0.717, 1.165) is 25.0 Å². The van der Waals surface area contributed by atoms with Crippen LogP contribution < -0.4 is 27.3 Å². The van der Waals surface area contributed by atoms with Gasteiger partial charge in [-0.1, -0.05) is 23.7 Å². The highest BCUT2D eigenvalue weighted by molar-refractivity contribution is 6.31. The van der Waals surface area contributed by atoms with Crippen molar-refractivity contribution >= 4 is 40.9 Å². The van der Waals surface area contributed by atoms with E-state index in [0.29, 0.717) is 19.6 Å². The number of aromatic nitrogens is 2. The third kappa shape index (κ3) is 8.09. The minimum atomic E-state index is -0.668. The fraction of sp³-hybridized carbons (Fsp3) is 0.350. The van der Waals surface area contributed by atoms with E-state index in [1.165, 1.54) is 5.56 Å². The molecule has 0 unspecified atom stereocenters. The van der Waals surface area contributed by atoms with Crippen molar-refractivity contribution in [1.82, 2.24) is 15.3 Å². The van der Waals surface area contributed by atoms with Gasteiger partial charge in [0.1, 0.15) is 11.5 Å². The number of nitrogens with two attached hydrogens (primary N) is 3. The van der Waals surface area contributed by atoms with Gasteiger partial charge in [0.15, 0.2) is 28.4 Å². The summed E-state index contributed by atoms with van der Waals surface area (Å²) in [6.45, 7) is 2.37. The maximum Gasteiger partial charge on any atom is 0.280 e. The monoisotopic (exact) mass is 447 g/mol. The van der Waals surface area contributed by atoms with E-state index >= 15 is 0 Å². The van der Waals surface area contributed by atoms with Crippen LogP contribution in [-0.4, -0.2) is 40.8 Å². The number of hydrogen-bond donors (Lipinski definition) is 4. The average molecular weight is 448 g/mol. The van der Waals surface area contributed by atoms with Crippen LogP contribution in [0.4, 0.5) is 11.6 Å². The number of rotatable bonds is 10. The number of aliphatic imine (C=N–C) groups is 1. The second-order valence-electron chi connectivity index (χ2n) is 6.76. The average Bonchev–Trinajstić information content (AvgIpc) is 2.71. The number of nitrogen functional groups attached to an aromatic ring is 2. The Balaban J connectivity index is 1.72. The fourth-order valence-corrected chi connectivity index (χ4v) is 2.66. The van der Waals surface area contributed by atoms with Gasteiger partial charge >= 0.3 is 0 Å². The molecule has 1 amide bonds. The van der Waals surface area contributed by atoms with Crippen molar-refractivity contribution in [3.8, 4) is 5.75 Å². The zero-order valence-corrected chi connectivity index (χ0v) is 18.0. The molecule has 2 aromatic rings. The van der Waals surface area contributed by atoms with Gasteiger partial charge in [-0.05, 0) is 43.9 Å². The van der Waals surface area contributed by atoms with Crippen molar-refractivity contribution in [2.24, 2.45) is 10.7 Å². The van der Waals surface area contributed by atoms with Crippen molar-refractivity contribution in [2.75, 3.05) is 24.6 Å². The molecule has 0 aliphatic rings. The second-order valence-corrected chi connectivity index (χ2v) is 7.11. The highest BCUT2D eigenvalue weighted by Crippen LogP contribution is 2.17. The lowest BCUT2D eigenvalue weighted by Gasteiger charge is -2.07. The van der Waals surface area contributed by atoms with Gasteiger partial charge in [-0.15, -0.1) is 0 Å². The number of benzene rings is 1. The molecule has 166 valence electrons. The molecule has 7 N–H and O–H groups in total. The molecule has 0 saturated carbocycles. The van der Waals surface area contributed by atoms with Crippen LogP contribution in [0.25, 0.3) is 0 Å². The lowest BCUT2D eigenvalue weighted by Crippen LogP contribution is -2.38. The highest BCUT2D eigenvalue weighted by Gasteiger charge is 2.16. The number of halogens is 1. The molecule has 2 rings (SSSR count). The van der Waals surface area contributed by atoms with Crippen LogP contribution in [0.15, 0.2) is 29.3 Å². The number of anilines is 2. The molecule has 31 heavy (non-hydrogen) atoms. The summed E-state index contributed by atoms with van der Waals surface area (Å²) >= 11 is 5.76. The summed E-state index contributed by atoms with van der Waals surface area (Å²) in [6.07, 6.45) is 2.94. The number of nitrogens with one attached hydrogen (secondary N) is 1. The van der Waals surface area contributed by atoms with Crippen LogP contribution in [0, 0.1) is 0 Å². The minimum Gasteiger partial charge on any atom is -0.493 e. The Morgan fingerprint density at radius 3 is 2.52 bits per heavy atom. The smallest absolute Gasteiger partial charge is 0.280 e. The Morgan fingerprint density at radius 2 is 1.84 bits per heavy atom. The predicted molar refractivity (Wildman–Crippen MR) is 120 cm³/mol. The van der Waals surface area contributed by atoms with Crippen molar-refractivity contribution in [3.63, 3.8) is 0 Å². The quantitative estimate of drug-likeness (QED) is 0.242. The number of nitrogens with zero attached hydrogens (tertiary/aromatic N) is 3. The van der Waals surface area contributed by atoms with E-state index in [1.807, 2.05) is 24.3 Å². The van der Waals surface area contributed by atoms with E-state index < -0.39 is 5.91 Å². The molecule has 1 heterocycles. The van der Waals surface area contributed by atoms with Crippen molar-refractivity contribution in [1.29, 1.82) is 0 Å². The van der Waals surface area contributed by atoms with Crippen LogP contribution in [-0.2, 0) is 11.2 Å². The fourth-order valence-electron chi connectivity index (χ4n) is 2.53. The Morgan fingerprint density at radius 1 is 1.13 bits per heavy atom. The molecule has 0 spiro atoms. The molecule has 1 aromatic heterocycles. The second kappa shape index (κ2) is 11.7. The Bertz CT molecular complexity index is 949. The van der Waals surface area contributed by atoms with E-state index in [2.05, 4.69) is 20.3 Å². The number of carbonyl (C=O) groups excluding carboxylic acids is 2. The van der Waals surface area contributed by atoms with Crippen molar-refractivity contribution in [2.45, 2.75) is 32.6 Å². The molecule has 0 aliphatic heterocycles. The van der Waals surface area contributed by atoms with Gasteiger partial charge in [-0.25, -0.2) is 9.97 Å². The summed E-state index contributed by atoms with van der Waals surface area (Å²) < 4.78 is 5.51. The van der Waals surface area contributed by atoms with Gasteiger partial charge in [-0.3, -0.25) is 19.9 Å². The maximum absolute atomic E-state index is 12.2. The molecule has 0 saturated heterocycles. The number of ether oxygens (including phenoxy) is 1. The Labute approximate surface area is 185 Å². The first kappa shape index (κ1) is 23.9. The molecule has 0 bridgehead atoms. The van der Waals surface area contributed by atoms with Crippen LogP contribution >= 0.6 is 11.6 Å². The van der Waals surface area contributed by atoms with Gasteiger partial charge in [0.2, 0.25) is 0 Å². The lowest BCUT2D eigenvalue weighted by atomic mass is 10.1. The first-order chi connectivity index (χ1) is 14.8. The molecule has 0 aliphatic carbocycles. The molecule has 0 fully saturated rings. The van der Waals surface area contributed by atoms with Crippen LogP contribution in [0.3, 0.4) is 0 Å². The third-order valence-electron chi connectivity index (χ3n) is 4.16. The Hall–Kier alpha value is -3.40. The normalized spacial score (nSPS) is 11.2. The first-order valence-electron chi connectivity index (χ1n) is 9.67. The Kier molecular flexibility index (Phi) is 9.01. The largest absolute Gasteiger partial charge is 0.493 e. The van der Waals surface area contributed by atoms with Crippen molar-refractivity contribution < 1.29 is 14.3 Å². The zero-order chi connectivity index (χ0) is 22.8. The number of hydrogen-bond acceptors (Lipinski definition) is 8. The third-order valence-corrected chi connectivity index (χ3v) is 4.44. The van der Waals surface area contributed by atoms with E-state index in [1.54, 1.807) is 6.92 Å². The summed E-state index contributed by atoms with van der Waals surface area (Å²) in [6, 6.07) is 7.76. The van der Waals surface area contributed by atoms with E-state index in [-0.39, 0.29) is 34.2 Å². The molecule has 11 heteroatoms. The predicted octanol–water partition coefficient (Wildman–Crippen LogP) is 1.72.